The summed E-state index contributed by atoms with van der Waals surface area (Å²) in [5.41, 5.74) is 3.32. The van der Waals surface area contributed by atoms with Gasteiger partial charge >= 0.3 is 0 Å². The van der Waals surface area contributed by atoms with Crippen LogP contribution in [0.5, 0.6) is 0 Å². The third-order valence-corrected chi connectivity index (χ3v) is 3.23. The number of para-hydroxylation sites is 1. The van der Waals surface area contributed by atoms with Crippen LogP contribution in [0.2, 0.25) is 0 Å². The summed E-state index contributed by atoms with van der Waals surface area (Å²) in [6, 6.07) is 15.4. The van der Waals surface area contributed by atoms with Crippen LogP contribution in [0.3, 0.4) is 0 Å². The largest absolute Gasteiger partial charge is 0.324 e. The summed E-state index contributed by atoms with van der Waals surface area (Å²) in [4.78, 5) is 13.1. The number of anilines is 2. The van der Waals surface area contributed by atoms with Gasteiger partial charge in [-0.1, -0.05) is 18.2 Å². The van der Waals surface area contributed by atoms with Crippen LogP contribution < -0.4 is 5.32 Å². The Bertz CT molecular complexity index is 916. The van der Waals surface area contributed by atoms with Crippen LogP contribution in [-0.2, 0) is 0 Å². The fourth-order valence-corrected chi connectivity index (χ4v) is 2.22. The smallest absolute Gasteiger partial charge is 0.227 e. The number of aromatic nitrogens is 5. The molecule has 3 heterocycles. The second kappa shape index (κ2) is 5.25. The first-order valence-corrected chi connectivity index (χ1v) is 6.84. The number of fused-ring (bicyclic) bond motifs is 1. The highest BCUT2D eigenvalue weighted by atomic mass is 15.3. The molecule has 106 valence electrons. The minimum absolute atomic E-state index is 0.537. The van der Waals surface area contributed by atoms with Crippen molar-refractivity contribution in [3.05, 3.63) is 67.1 Å². The van der Waals surface area contributed by atoms with Crippen molar-refractivity contribution >= 4 is 17.3 Å². The summed E-state index contributed by atoms with van der Waals surface area (Å²) in [7, 11) is 0. The fourth-order valence-electron chi connectivity index (χ4n) is 2.22. The lowest BCUT2D eigenvalue weighted by molar-refractivity contribution is 0.936. The summed E-state index contributed by atoms with van der Waals surface area (Å²) in [6.07, 6.45) is 5.20. The van der Waals surface area contributed by atoms with E-state index in [4.69, 9.17) is 0 Å². The Balaban J connectivity index is 1.73. The zero-order valence-electron chi connectivity index (χ0n) is 11.6. The van der Waals surface area contributed by atoms with Gasteiger partial charge in [-0.3, -0.25) is 0 Å². The van der Waals surface area contributed by atoms with E-state index in [-0.39, 0.29) is 0 Å². The van der Waals surface area contributed by atoms with E-state index >= 15 is 0 Å². The Kier molecular flexibility index (Phi) is 2.97. The topological polar surface area (TPSA) is 68.0 Å². The highest BCUT2D eigenvalue weighted by Crippen LogP contribution is 2.19. The van der Waals surface area contributed by atoms with Crippen LogP contribution in [0.1, 0.15) is 0 Å². The standard InChI is InChI=1S/C16H12N6/c1-2-5-12(6-3-1)20-16-17-10-8-13(21-16)14-11-18-15-7-4-9-19-22(14)15/h1-11H,(H,17,20,21). The van der Waals surface area contributed by atoms with Gasteiger partial charge in [0.15, 0.2) is 5.65 Å². The Morgan fingerprint density at radius 1 is 0.864 bits per heavy atom. The Morgan fingerprint density at radius 3 is 2.68 bits per heavy atom. The van der Waals surface area contributed by atoms with E-state index in [1.54, 1.807) is 23.1 Å². The maximum atomic E-state index is 4.54. The number of rotatable bonds is 3. The first-order valence-electron chi connectivity index (χ1n) is 6.84. The average molecular weight is 288 g/mol. The molecule has 0 bridgehead atoms. The molecule has 1 aromatic carbocycles. The van der Waals surface area contributed by atoms with Gasteiger partial charge in [-0.25, -0.2) is 19.5 Å². The van der Waals surface area contributed by atoms with Crippen LogP contribution in [0.4, 0.5) is 11.6 Å². The highest BCUT2D eigenvalue weighted by molar-refractivity contribution is 5.61. The van der Waals surface area contributed by atoms with Gasteiger partial charge in [-0.05, 0) is 30.3 Å². The number of hydrogen-bond donors (Lipinski definition) is 1. The second-order valence-electron chi connectivity index (χ2n) is 4.69. The van der Waals surface area contributed by atoms with E-state index in [9.17, 15) is 0 Å². The molecular formula is C16H12N6. The van der Waals surface area contributed by atoms with Crippen molar-refractivity contribution in [2.24, 2.45) is 0 Å². The summed E-state index contributed by atoms with van der Waals surface area (Å²) in [5, 5.41) is 7.49. The third-order valence-electron chi connectivity index (χ3n) is 3.23. The maximum absolute atomic E-state index is 4.54. The lowest BCUT2D eigenvalue weighted by atomic mass is 10.3. The summed E-state index contributed by atoms with van der Waals surface area (Å²) in [5.74, 6) is 0.537. The van der Waals surface area contributed by atoms with E-state index in [0.717, 1.165) is 22.7 Å². The highest BCUT2D eigenvalue weighted by Gasteiger charge is 2.09. The number of hydrogen-bond acceptors (Lipinski definition) is 5. The van der Waals surface area contributed by atoms with E-state index in [1.807, 2.05) is 48.5 Å². The zero-order chi connectivity index (χ0) is 14.8. The Hall–Kier alpha value is -3.28. The average Bonchev–Trinajstić information content (AvgIpc) is 3.00. The van der Waals surface area contributed by atoms with Crippen molar-refractivity contribution < 1.29 is 0 Å². The summed E-state index contributed by atoms with van der Waals surface area (Å²) < 4.78 is 1.76. The van der Waals surface area contributed by atoms with Crippen LogP contribution in [-0.4, -0.2) is 24.6 Å². The van der Waals surface area contributed by atoms with Gasteiger partial charge in [0.05, 0.1) is 11.9 Å². The fraction of sp³-hybridized carbons (Fsp3) is 0. The van der Waals surface area contributed by atoms with Gasteiger partial charge in [0.2, 0.25) is 5.95 Å². The minimum atomic E-state index is 0.537. The molecule has 0 unspecified atom stereocenters. The van der Waals surface area contributed by atoms with Crippen molar-refractivity contribution in [3.8, 4) is 11.4 Å². The SMILES string of the molecule is c1ccc(Nc2nccc(-c3cnc4cccnn34)n2)cc1. The number of imidazole rings is 1. The van der Waals surface area contributed by atoms with Gasteiger partial charge in [0, 0.05) is 18.1 Å². The van der Waals surface area contributed by atoms with Gasteiger partial charge in [-0.2, -0.15) is 5.10 Å². The number of nitrogens with one attached hydrogen (secondary N) is 1. The van der Waals surface area contributed by atoms with Crippen LogP contribution in [0.15, 0.2) is 67.1 Å². The quantitative estimate of drug-likeness (QED) is 0.627. The lowest BCUT2D eigenvalue weighted by Crippen LogP contribution is -1.99. The van der Waals surface area contributed by atoms with Crippen molar-refractivity contribution in [2.45, 2.75) is 0 Å². The van der Waals surface area contributed by atoms with E-state index < -0.39 is 0 Å². The summed E-state index contributed by atoms with van der Waals surface area (Å²) in [6.45, 7) is 0. The first-order chi connectivity index (χ1) is 10.9. The molecule has 4 aromatic rings. The van der Waals surface area contributed by atoms with E-state index in [2.05, 4.69) is 25.4 Å². The first kappa shape index (κ1) is 12.5. The molecule has 0 spiro atoms. The van der Waals surface area contributed by atoms with Gasteiger partial charge in [0.25, 0.3) is 0 Å². The molecule has 0 saturated carbocycles. The molecular weight excluding hydrogens is 276 g/mol. The zero-order valence-corrected chi connectivity index (χ0v) is 11.6. The predicted octanol–water partition coefficient (Wildman–Crippen LogP) is 2.93. The van der Waals surface area contributed by atoms with Crippen molar-refractivity contribution in [2.75, 3.05) is 5.32 Å². The molecule has 0 radical (unpaired) electrons. The Labute approximate surface area is 126 Å². The molecule has 3 aromatic heterocycles. The number of nitrogens with zero attached hydrogens (tertiary/aromatic N) is 5. The van der Waals surface area contributed by atoms with E-state index in [0.29, 0.717) is 5.95 Å². The molecule has 6 nitrogen and oxygen atoms in total. The summed E-state index contributed by atoms with van der Waals surface area (Å²) >= 11 is 0. The maximum Gasteiger partial charge on any atom is 0.227 e. The molecule has 1 N–H and O–H groups in total. The molecule has 0 amide bonds. The van der Waals surface area contributed by atoms with Gasteiger partial charge in [-0.15, -0.1) is 0 Å². The third kappa shape index (κ3) is 2.26. The molecule has 0 aliphatic rings. The van der Waals surface area contributed by atoms with Crippen LogP contribution in [0, 0.1) is 0 Å². The van der Waals surface area contributed by atoms with Crippen molar-refractivity contribution in [3.63, 3.8) is 0 Å². The Morgan fingerprint density at radius 2 is 1.77 bits per heavy atom. The van der Waals surface area contributed by atoms with Crippen molar-refractivity contribution in [1.82, 2.24) is 24.6 Å². The van der Waals surface area contributed by atoms with Crippen LogP contribution >= 0.6 is 0 Å². The molecule has 0 aliphatic heterocycles. The number of benzene rings is 1. The lowest BCUT2D eigenvalue weighted by Gasteiger charge is -2.06. The van der Waals surface area contributed by atoms with Gasteiger partial charge < -0.3 is 5.32 Å². The molecule has 6 heteroatoms. The molecule has 0 fully saturated rings. The van der Waals surface area contributed by atoms with Crippen LogP contribution in [0.25, 0.3) is 17.0 Å². The predicted molar refractivity (Wildman–Crippen MR) is 83.7 cm³/mol. The molecule has 0 saturated heterocycles. The normalized spacial score (nSPS) is 10.7. The van der Waals surface area contributed by atoms with Crippen molar-refractivity contribution in [1.29, 1.82) is 0 Å². The van der Waals surface area contributed by atoms with E-state index in [1.165, 1.54) is 0 Å². The van der Waals surface area contributed by atoms with Gasteiger partial charge in [0.1, 0.15) is 5.69 Å². The minimum Gasteiger partial charge on any atom is -0.324 e. The molecule has 22 heavy (non-hydrogen) atoms. The second-order valence-corrected chi connectivity index (χ2v) is 4.69. The molecule has 0 atom stereocenters. The molecule has 0 aliphatic carbocycles. The monoisotopic (exact) mass is 288 g/mol. The molecule has 4 rings (SSSR count).